The Morgan fingerprint density at radius 3 is 2.21 bits per heavy atom. The molecule has 33 heavy (non-hydrogen) atoms. The molecule has 2 N–H and O–H groups in total. The fraction of sp³-hybridized carbons (Fsp3) is 0.333. The molecular weight excluding hydrogens is 437 g/mol. The van der Waals surface area contributed by atoms with Crippen molar-refractivity contribution in [2.75, 3.05) is 13.2 Å². The number of benzene rings is 2. The van der Waals surface area contributed by atoms with Gasteiger partial charge in [0.05, 0.1) is 25.0 Å². The van der Waals surface area contributed by atoms with Gasteiger partial charge in [-0.2, -0.15) is 13.2 Å². The third-order valence-corrected chi connectivity index (χ3v) is 5.03. The highest BCUT2D eigenvalue weighted by molar-refractivity contribution is 5.79. The van der Waals surface area contributed by atoms with E-state index in [4.69, 9.17) is 15.3 Å². The average molecular weight is 464 g/mol. The highest BCUT2D eigenvalue weighted by Gasteiger charge is 2.45. The first-order chi connectivity index (χ1) is 15.5. The zero-order chi connectivity index (χ0) is 24.6. The topological polar surface area (TPSA) is 81.9 Å². The van der Waals surface area contributed by atoms with E-state index in [1.54, 1.807) is 12.1 Å². The summed E-state index contributed by atoms with van der Waals surface area (Å²) in [6.45, 7) is 5.90. The number of alkyl halides is 3. The van der Waals surface area contributed by atoms with Crippen molar-refractivity contribution >= 4 is 17.6 Å². The van der Waals surface area contributed by atoms with E-state index in [9.17, 15) is 22.8 Å². The van der Waals surface area contributed by atoms with Crippen LogP contribution in [0.1, 0.15) is 36.5 Å². The fourth-order valence-electron chi connectivity index (χ4n) is 3.10. The number of ether oxygens (including phenoxy) is 2. The lowest BCUT2D eigenvalue weighted by Crippen LogP contribution is -2.39. The Balaban J connectivity index is 2.02. The van der Waals surface area contributed by atoms with Crippen LogP contribution < -0.4 is 5.84 Å². The average Bonchev–Trinajstić information content (AvgIpc) is 2.78. The van der Waals surface area contributed by atoms with Crippen LogP contribution in [-0.4, -0.2) is 36.3 Å². The molecule has 0 aliphatic heterocycles. The van der Waals surface area contributed by atoms with Gasteiger partial charge in [-0.1, -0.05) is 68.1 Å². The van der Waals surface area contributed by atoms with Gasteiger partial charge in [-0.25, -0.2) is 5.84 Å². The minimum absolute atomic E-state index is 0.000810. The van der Waals surface area contributed by atoms with E-state index in [1.807, 2.05) is 18.2 Å². The van der Waals surface area contributed by atoms with Crippen molar-refractivity contribution in [1.29, 1.82) is 0 Å². The highest BCUT2D eigenvalue weighted by Crippen LogP contribution is 2.38. The number of halogens is 3. The molecular formula is C24H27F3N2O4. The van der Waals surface area contributed by atoms with Crippen molar-refractivity contribution in [3.05, 3.63) is 77.9 Å². The maximum Gasteiger partial charge on any atom is 0.392 e. The largest absolute Gasteiger partial charge is 0.484 e. The Morgan fingerprint density at radius 2 is 1.67 bits per heavy atom. The van der Waals surface area contributed by atoms with Crippen molar-refractivity contribution in [3.8, 4) is 0 Å². The summed E-state index contributed by atoms with van der Waals surface area (Å²) in [4.78, 5) is 24.5. The summed E-state index contributed by atoms with van der Waals surface area (Å²) in [5.41, 5.74) is 1.46. The predicted octanol–water partition coefficient (Wildman–Crippen LogP) is 4.42. The molecule has 0 saturated heterocycles. The predicted molar refractivity (Wildman–Crippen MR) is 117 cm³/mol. The van der Waals surface area contributed by atoms with E-state index < -0.39 is 29.9 Å². The normalized spacial score (nSPS) is 13.0. The van der Waals surface area contributed by atoms with Crippen LogP contribution in [0.15, 0.2) is 61.2 Å². The molecule has 2 rings (SSSR count). The smallest absolute Gasteiger partial charge is 0.392 e. The molecule has 0 radical (unpaired) electrons. The quantitative estimate of drug-likeness (QED) is 0.185. The number of hydrogen-bond donors (Lipinski definition) is 1. The third kappa shape index (κ3) is 7.35. The minimum Gasteiger partial charge on any atom is -0.484 e. The van der Waals surface area contributed by atoms with Gasteiger partial charge in [0.25, 0.3) is 5.91 Å². The summed E-state index contributed by atoms with van der Waals surface area (Å²) in [6, 6.07) is 14.9. The summed E-state index contributed by atoms with van der Waals surface area (Å²) in [7, 11) is 0. The Hall–Kier alpha value is -3.33. The Morgan fingerprint density at radius 1 is 1.06 bits per heavy atom. The molecule has 6 nitrogen and oxygen atoms in total. The molecule has 0 spiro atoms. The molecule has 0 aromatic heterocycles. The number of carbonyl (C=O) groups excluding carboxylic acids is 2. The molecule has 178 valence electrons. The van der Waals surface area contributed by atoms with E-state index >= 15 is 0 Å². The molecule has 0 fully saturated rings. The molecule has 0 saturated carbocycles. The van der Waals surface area contributed by atoms with Crippen molar-refractivity contribution in [2.24, 2.45) is 11.8 Å². The van der Waals surface area contributed by atoms with Crippen molar-refractivity contribution in [2.45, 2.75) is 32.5 Å². The molecule has 0 bridgehead atoms. The van der Waals surface area contributed by atoms with E-state index in [-0.39, 0.29) is 25.3 Å². The number of carbonyl (C=O) groups is 2. The molecule has 2 aromatic rings. The summed E-state index contributed by atoms with van der Waals surface area (Å²) in [5.74, 6) is 1.27. The van der Waals surface area contributed by atoms with Crippen molar-refractivity contribution in [3.63, 3.8) is 0 Å². The second-order valence-electron chi connectivity index (χ2n) is 7.40. The molecule has 2 aromatic carbocycles. The molecule has 2 atom stereocenters. The maximum absolute atomic E-state index is 13.3. The number of nitrogens with two attached hydrogens (primary N) is 1. The zero-order valence-corrected chi connectivity index (χ0v) is 18.5. The molecule has 0 aliphatic rings. The Kier molecular flexibility index (Phi) is 9.04. The van der Waals surface area contributed by atoms with Gasteiger partial charge in [0.1, 0.15) is 5.76 Å². The minimum atomic E-state index is -4.57. The lowest BCUT2D eigenvalue weighted by Gasteiger charge is -2.25. The van der Waals surface area contributed by atoms with Crippen LogP contribution in [0.4, 0.5) is 13.2 Å². The van der Waals surface area contributed by atoms with E-state index in [1.165, 1.54) is 31.2 Å². The van der Waals surface area contributed by atoms with Crippen LogP contribution in [-0.2, 0) is 25.6 Å². The summed E-state index contributed by atoms with van der Waals surface area (Å²) < 4.78 is 50.1. The lowest BCUT2D eigenvalue weighted by molar-refractivity contribution is -0.185. The van der Waals surface area contributed by atoms with Gasteiger partial charge in [0.2, 0.25) is 0 Å². The molecule has 2 unspecified atom stereocenters. The second-order valence-corrected chi connectivity index (χ2v) is 7.40. The second kappa shape index (κ2) is 11.5. The monoisotopic (exact) mass is 464 g/mol. The Bertz CT molecular complexity index is 946. The summed E-state index contributed by atoms with van der Waals surface area (Å²) >= 11 is 0. The summed E-state index contributed by atoms with van der Waals surface area (Å²) in [6.07, 6.45) is -4.57. The van der Waals surface area contributed by atoms with Gasteiger partial charge in [-0.05, 0) is 18.1 Å². The zero-order valence-electron chi connectivity index (χ0n) is 18.5. The molecule has 0 heterocycles. The number of amides is 1. The molecule has 0 aliphatic carbocycles. The van der Waals surface area contributed by atoms with Gasteiger partial charge >= 0.3 is 12.1 Å². The molecule has 1 amide bonds. The van der Waals surface area contributed by atoms with E-state index in [0.29, 0.717) is 11.3 Å². The van der Waals surface area contributed by atoms with Crippen LogP contribution in [0.3, 0.4) is 0 Å². The van der Waals surface area contributed by atoms with Gasteiger partial charge in [-0.15, -0.1) is 0 Å². The number of hydrazine groups is 1. The SMILES string of the molecule is C=C(OCC(=O)N(N)Cc1ccc(C(C(=O)OCC)C(C)C(F)(F)F)cc1)c1ccccc1. The number of esters is 1. The first kappa shape index (κ1) is 25.9. The number of hydrogen-bond acceptors (Lipinski definition) is 5. The van der Waals surface area contributed by atoms with Crippen molar-refractivity contribution < 1.29 is 32.2 Å². The first-order valence-electron chi connectivity index (χ1n) is 10.3. The van der Waals surface area contributed by atoms with E-state index in [0.717, 1.165) is 17.5 Å². The third-order valence-electron chi connectivity index (χ3n) is 5.03. The van der Waals surface area contributed by atoms with E-state index in [2.05, 4.69) is 6.58 Å². The number of nitrogens with zero attached hydrogens (tertiary/aromatic N) is 1. The van der Waals surface area contributed by atoms with Crippen LogP contribution in [0.5, 0.6) is 0 Å². The standard InChI is InChI=1S/C24H27F3N2O4/c1-4-32-23(31)22(16(2)24(25,26)27)20-12-10-18(11-13-20)14-29(28)21(30)15-33-17(3)19-8-6-5-7-9-19/h5-13,16,22H,3-4,14-15,28H2,1-2H3. The van der Waals surface area contributed by atoms with Gasteiger partial charge < -0.3 is 9.47 Å². The summed E-state index contributed by atoms with van der Waals surface area (Å²) in [5, 5.41) is 0.939. The van der Waals surface area contributed by atoms with Crippen LogP contribution in [0.25, 0.3) is 5.76 Å². The number of rotatable bonds is 10. The van der Waals surface area contributed by atoms with Crippen LogP contribution >= 0.6 is 0 Å². The van der Waals surface area contributed by atoms with Crippen LogP contribution in [0, 0.1) is 5.92 Å². The van der Waals surface area contributed by atoms with Gasteiger partial charge in [-0.3, -0.25) is 14.6 Å². The maximum atomic E-state index is 13.3. The Labute approximate surface area is 190 Å². The van der Waals surface area contributed by atoms with Crippen molar-refractivity contribution in [1.82, 2.24) is 5.01 Å². The molecule has 9 heteroatoms. The van der Waals surface area contributed by atoms with Crippen LogP contribution in [0.2, 0.25) is 0 Å². The van der Waals surface area contributed by atoms with Gasteiger partial charge in [0, 0.05) is 5.56 Å². The highest BCUT2D eigenvalue weighted by atomic mass is 19.4. The lowest BCUT2D eigenvalue weighted by atomic mass is 9.86. The fourth-order valence-corrected chi connectivity index (χ4v) is 3.10. The first-order valence-corrected chi connectivity index (χ1v) is 10.3. The van der Waals surface area contributed by atoms with Gasteiger partial charge in [0.15, 0.2) is 6.61 Å².